The van der Waals surface area contributed by atoms with Crippen molar-refractivity contribution in [2.75, 3.05) is 6.61 Å². The fraction of sp³-hybridized carbons (Fsp3) is 0.385. The molecule has 0 saturated heterocycles. The molecule has 1 N–H and O–H groups in total. The number of carbonyl (C=O) groups is 1. The Morgan fingerprint density at radius 2 is 2.30 bits per heavy atom. The largest absolute Gasteiger partial charge is 0.466 e. The van der Waals surface area contributed by atoms with E-state index < -0.39 is 0 Å². The second-order valence-corrected chi connectivity index (χ2v) is 5.51. The molecule has 108 valence electrons. The fourth-order valence-electron chi connectivity index (χ4n) is 1.99. The molecule has 4 nitrogen and oxygen atoms in total. The summed E-state index contributed by atoms with van der Waals surface area (Å²) < 4.78 is 21.1. The van der Waals surface area contributed by atoms with E-state index in [1.807, 2.05) is 4.57 Å². The maximum atomic E-state index is 13.5. The first kappa shape index (κ1) is 15.2. The molecule has 7 heteroatoms. The minimum Gasteiger partial charge on any atom is -0.466 e. The van der Waals surface area contributed by atoms with Gasteiger partial charge in [-0.15, -0.1) is 0 Å². The van der Waals surface area contributed by atoms with E-state index in [-0.39, 0.29) is 11.8 Å². The number of esters is 1. The van der Waals surface area contributed by atoms with E-state index in [4.69, 9.17) is 17.0 Å². The highest BCUT2D eigenvalue weighted by molar-refractivity contribution is 9.10. The van der Waals surface area contributed by atoms with Gasteiger partial charge in [-0.05, 0) is 47.6 Å². The molecule has 0 atom stereocenters. The minimum atomic E-state index is -0.340. The van der Waals surface area contributed by atoms with Crippen LogP contribution in [0.4, 0.5) is 4.39 Å². The molecule has 0 aliphatic carbocycles. The minimum absolute atomic E-state index is 0.217. The van der Waals surface area contributed by atoms with E-state index in [0.29, 0.717) is 40.8 Å². The van der Waals surface area contributed by atoms with Gasteiger partial charge in [0.15, 0.2) is 4.77 Å². The maximum Gasteiger partial charge on any atom is 0.305 e. The molecule has 0 radical (unpaired) electrons. The Morgan fingerprint density at radius 1 is 1.55 bits per heavy atom. The van der Waals surface area contributed by atoms with Gasteiger partial charge >= 0.3 is 5.97 Å². The third-order valence-electron chi connectivity index (χ3n) is 2.88. The first-order valence-electron chi connectivity index (χ1n) is 6.26. The molecule has 2 aromatic rings. The Labute approximate surface area is 129 Å². The topological polar surface area (TPSA) is 47.0 Å². The van der Waals surface area contributed by atoms with Crippen LogP contribution in [0.5, 0.6) is 0 Å². The average molecular weight is 361 g/mol. The molecular formula is C13H14BrFN2O2S. The normalized spacial score (nSPS) is 10.9. The second-order valence-electron chi connectivity index (χ2n) is 4.27. The van der Waals surface area contributed by atoms with Gasteiger partial charge in [0.05, 0.1) is 22.1 Å². The van der Waals surface area contributed by atoms with E-state index in [9.17, 15) is 9.18 Å². The van der Waals surface area contributed by atoms with E-state index >= 15 is 0 Å². The monoisotopic (exact) mass is 360 g/mol. The molecule has 0 unspecified atom stereocenters. The molecule has 1 aromatic carbocycles. The summed E-state index contributed by atoms with van der Waals surface area (Å²) in [6.45, 7) is 2.74. The average Bonchev–Trinajstić information content (AvgIpc) is 2.67. The number of H-pyrrole nitrogens is 1. The Bertz CT molecular complexity index is 695. The SMILES string of the molecule is CCOC(=O)CCCn1c(=S)[nH]c2cc(F)c(Br)cc21. The first-order chi connectivity index (χ1) is 9.52. The summed E-state index contributed by atoms with van der Waals surface area (Å²) in [6.07, 6.45) is 0.958. The lowest BCUT2D eigenvalue weighted by Gasteiger charge is -2.05. The molecule has 0 amide bonds. The standard InChI is InChI=1S/C13H14BrFN2O2S/c1-2-19-12(18)4-3-5-17-11-6-8(14)9(15)7-10(11)16-13(17)20/h6-7H,2-5H2,1H3,(H,16,20). The maximum absolute atomic E-state index is 13.5. The molecule has 0 bridgehead atoms. The van der Waals surface area contributed by atoms with Gasteiger partial charge in [-0.2, -0.15) is 0 Å². The first-order valence-corrected chi connectivity index (χ1v) is 7.46. The van der Waals surface area contributed by atoms with Gasteiger partial charge < -0.3 is 14.3 Å². The molecule has 0 aliphatic heterocycles. The number of aromatic nitrogens is 2. The highest BCUT2D eigenvalue weighted by Gasteiger charge is 2.09. The number of rotatable bonds is 5. The smallest absolute Gasteiger partial charge is 0.305 e. The predicted octanol–water partition coefficient (Wildman–Crippen LogP) is 3.94. The van der Waals surface area contributed by atoms with Crippen molar-refractivity contribution in [1.82, 2.24) is 9.55 Å². The predicted molar refractivity (Wildman–Crippen MR) is 80.6 cm³/mol. The van der Waals surface area contributed by atoms with Gasteiger partial charge in [-0.1, -0.05) is 0 Å². The summed E-state index contributed by atoms with van der Waals surface area (Å²) in [5.74, 6) is -0.557. The van der Waals surface area contributed by atoms with Crippen LogP contribution in [0.25, 0.3) is 11.0 Å². The lowest BCUT2D eigenvalue weighted by Crippen LogP contribution is -2.06. The van der Waals surface area contributed by atoms with Gasteiger partial charge in [-0.3, -0.25) is 4.79 Å². The zero-order chi connectivity index (χ0) is 14.7. The summed E-state index contributed by atoms with van der Waals surface area (Å²) in [5.41, 5.74) is 1.46. The van der Waals surface area contributed by atoms with Gasteiger partial charge in [0.1, 0.15) is 5.82 Å². The van der Waals surface area contributed by atoms with Crippen LogP contribution in [-0.2, 0) is 16.1 Å². The zero-order valence-corrected chi connectivity index (χ0v) is 13.3. The molecule has 0 aliphatic rings. The van der Waals surface area contributed by atoms with Crippen LogP contribution in [0.15, 0.2) is 16.6 Å². The van der Waals surface area contributed by atoms with Gasteiger partial charge in [0.2, 0.25) is 0 Å². The number of hydrogen-bond donors (Lipinski definition) is 1. The van der Waals surface area contributed by atoms with Crippen LogP contribution >= 0.6 is 28.1 Å². The number of carbonyl (C=O) groups excluding carboxylic acids is 1. The van der Waals surface area contributed by atoms with E-state index in [2.05, 4.69) is 20.9 Å². The lowest BCUT2D eigenvalue weighted by atomic mass is 10.3. The van der Waals surface area contributed by atoms with Crippen LogP contribution < -0.4 is 0 Å². The number of nitrogens with one attached hydrogen (secondary N) is 1. The quantitative estimate of drug-likeness (QED) is 0.648. The van der Waals surface area contributed by atoms with Crippen molar-refractivity contribution in [3.05, 3.63) is 27.2 Å². The van der Waals surface area contributed by atoms with Gasteiger partial charge in [0.25, 0.3) is 0 Å². The molecule has 0 saturated carbocycles. The summed E-state index contributed by atoms with van der Waals surface area (Å²) >= 11 is 8.38. The van der Waals surface area contributed by atoms with Crippen LogP contribution in [0.3, 0.4) is 0 Å². The second kappa shape index (κ2) is 6.49. The summed E-state index contributed by atoms with van der Waals surface area (Å²) in [6, 6.07) is 3.08. The zero-order valence-electron chi connectivity index (χ0n) is 10.9. The van der Waals surface area contributed by atoms with Crippen molar-refractivity contribution in [2.45, 2.75) is 26.3 Å². The number of halogens is 2. The molecule has 1 aromatic heterocycles. The van der Waals surface area contributed by atoms with Gasteiger partial charge in [0, 0.05) is 19.0 Å². The van der Waals surface area contributed by atoms with Crippen LogP contribution in [0.2, 0.25) is 0 Å². The Kier molecular flexibility index (Phi) is 4.93. The third-order valence-corrected chi connectivity index (χ3v) is 3.81. The molecule has 0 fully saturated rings. The Morgan fingerprint density at radius 3 is 3.00 bits per heavy atom. The number of aromatic amines is 1. The third kappa shape index (κ3) is 3.27. The van der Waals surface area contributed by atoms with Crippen molar-refractivity contribution in [2.24, 2.45) is 0 Å². The lowest BCUT2D eigenvalue weighted by molar-refractivity contribution is -0.143. The number of aryl methyl sites for hydroxylation is 1. The number of hydrogen-bond acceptors (Lipinski definition) is 3. The number of nitrogens with zero attached hydrogens (tertiary/aromatic N) is 1. The number of imidazole rings is 1. The van der Waals surface area contributed by atoms with E-state index in [1.165, 1.54) is 6.07 Å². The molecule has 0 spiro atoms. The number of benzene rings is 1. The Hall–Kier alpha value is -1.21. The van der Waals surface area contributed by atoms with Crippen LogP contribution in [-0.4, -0.2) is 22.1 Å². The van der Waals surface area contributed by atoms with E-state index in [1.54, 1.807) is 13.0 Å². The van der Waals surface area contributed by atoms with Crippen molar-refractivity contribution < 1.29 is 13.9 Å². The van der Waals surface area contributed by atoms with Crippen molar-refractivity contribution in [3.8, 4) is 0 Å². The van der Waals surface area contributed by atoms with E-state index in [0.717, 1.165) is 5.52 Å². The summed E-state index contributed by atoms with van der Waals surface area (Å²) in [5, 5.41) is 0. The molecule has 2 rings (SSSR count). The highest BCUT2D eigenvalue weighted by atomic mass is 79.9. The summed E-state index contributed by atoms with van der Waals surface area (Å²) in [7, 11) is 0. The molecular weight excluding hydrogens is 347 g/mol. The van der Waals surface area contributed by atoms with Crippen molar-refractivity contribution in [1.29, 1.82) is 0 Å². The van der Waals surface area contributed by atoms with Crippen molar-refractivity contribution >= 4 is 45.2 Å². The van der Waals surface area contributed by atoms with Crippen LogP contribution in [0.1, 0.15) is 19.8 Å². The van der Waals surface area contributed by atoms with Crippen molar-refractivity contribution in [3.63, 3.8) is 0 Å². The fourth-order valence-corrected chi connectivity index (χ4v) is 2.62. The number of ether oxygens (including phenoxy) is 1. The van der Waals surface area contributed by atoms with Gasteiger partial charge in [-0.25, -0.2) is 4.39 Å². The number of fused-ring (bicyclic) bond motifs is 1. The molecule has 20 heavy (non-hydrogen) atoms. The highest BCUT2D eigenvalue weighted by Crippen LogP contribution is 2.23. The van der Waals surface area contributed by atoms with Crippen LogP contribution in [0, 0.1) is 10.6 Å². The summed E-state index contributed by atoms with van der Waals surface area (Å²) in [4.78, 5) is 14.3. The molecule has 1 heterocycles. The Balaban J connectivity index is 2.18.